The van der Waals surface area contributed by atoms with Gasteiger partial charge in [0.25, 0.3) is 5.91 Å². The largest absolute Gasteiger partial charge is 0.488 e. The molecule has 3 atom stereocenters. The van der Waals surface area contributed by atoms with E-state index >= 15 is 0 Å². The Hall–Kier alpha value is -4.10. The van der Waals surface area contributed by atoms with Crippen LogP contribution in [0.3, 0.4) is 0 Å². The van der Waals surface area contributed by atoms with Gasteiger partial charge in [0.1, 0.15) is 23.2 Å². The number of aryl methyl sites for hydroxylation is 2. The number of hydrogen-bond donors (Lipinski definition) is 3. The highest BCUT2D eigenvalue weighted by Gasteiger charge is 2.34. The number of ether oxygens (including phenoxy) is 1. The van der Waals surface area contributed by atoms with Crippen LogP contribution in [0.1, 0.15) is 46.8 Å². The molecule has 2 aromatic carbocycles. The molecule has 0 saturated carbocycles. The summed E-state index contributed by atoms with van der Waals surface area (Å²) in [6.45, 7) is 7.91. The topological polar surface area (TPSA) is 120 Å². The molecule has 2 heterocycles. The summed E-state index contributed by atoms with van der Waals surface area (Å²) in [6, 6.07) is 8.77. The first-order valence-electron chi connectivity index (χ1n) is 13.8. The molecule has 3 N–H and O–H groups in total. The highest BCUT2D eigenvalue weighted by Crippen LogP contribution is 2.32. The number of aliphatic hydroxyl groups is 1. The number of urea groups is 1. The van der Waals surface area contributed by atoms with E-state index in [1.54, 1.807) is 37.8 Å². The number of nitrogens with one attached hydrogen (secondary N) is 2. The summed E-state index contributed by atoms with van der Waals surface area (Å²) < 4.78 is 50.3. The molecule has 3 amide bonds. The third-order valence-electron chi connectivity index (χ3n) is 7.42. The number of anilines is 2. The molecule has 0 unspecified atom stereocenters. The van der Waals surface area contributed by atoms with Crippen LogP contribution in [0.15, 0.2) is 47.0 Å². The lowest BCUT2D eigenvalue weighted by Crippen LogP contribution is -2.49. The third kappa shape index (κ3) is 7.65. The van der Waals surface area contributed by atoms with Crippen molar-refractivity contribution in [2.24, 2.45) is 5.92 Å². The highest BCUT2D eigenvalue weighted by atomic mass is 19.4. The number of carbonyl (C=O) groups excluding carboxylic acids is 2. The number of benzene rings is 2. The Kier molecular flexibility index (Phi) is 9.65. The van der Waals surface area contributed by atoms with Crippen LogP contribution in [0.4, 0.5) is 29.3 Å². The summed E-state index contributed by atoms with van der Waals surface area (Å²) in [4.78, 5) is 29.9. The number of carbonyl (C=O) groups is 2. The number of rotatable bonds is 8. The van der Waals surface area contributed by atoms with Gasteiger partial charge in [-0.2, -0.15) is 13.2 Å². The minimum absolute atomic E-state index is 0.153. The van der Waals surface area contributed by atoms with Gasteiger partial charge >= 0.3 is 12.2 Å². The molecule has 0 saturated heterocycles. The summed E-state index contributed by atoms with van der Waals surface area (Å²) in [7, 11) is 1.84. The smallest absolute Gasteiger partial charge is 0.416 e. The van der Waals surface area contributed by atoms with Gasteiger partial charge in [0.05, 0.1) is 23.8 Å². The van der Waals surface area contributed by atoms with Crippen LogP contribution >= 0.6 is 0 Å². The molecule has 0 radical (unpaired) electrons. The molecule has 0 aliphatic carbocycles. The van der Waals surface area contributed by atoms with Gasteiger partial charge in [0.15, 0.2) is 5.76 Å². The summed E-state index contributed by atoms with van der Waals surface area (Å²) in [6.07, 6.45) is -4.80. The third-order valence-corrected chi connectivity index (χ3v) is 7.42. The van der Waals surface area contributed by atoms with Crippen molar-refractivity contribution in [3.05, 3.63) is 70.6 Å². The Labute approximate surface area is 247 Å². The predicted molar refractivity (Wildman–Crippen MR) is 154 cm³/mol. The van der Waals surface area contributed by atoms with Crippen molar-refractivity contribution in [1.29, 1.82) is 0 Å². The standard InChI is InChI=1S/C30H36F3N5O5/c1-17-13-38(18(2)16-39)28(40)24-12-23(34-29(41)35-27-19(3)36-43-20(27)4)10-11-25(24)42-26(17)15-37(5)14-21-6-8-22(9-7-21)30(31,32)33/h6-12,17-18,26,39H,13-16H2,1-5H3,(H2,34,35,41)/t17-,18+,26-/m0/s1. The van der Waals surface area contributed by atoms with Crippen molar-refractivity contribution in [2.45, 2.75) is 52.6 Å². The molecule has 232 valence electrons. The lowest BCUT2D eigenvalue weighted by molar-refractivity contribution is -0.137. The van der Waals surface area contributed by atoms with E-state index in [1.807, 2.05) is 18.9 Å². The number of amides is 3. The van der Waals surface area contributed by atoms with Crippen LogP contribution < -0.4 is 15.4 Å². The van der Waals surface area contributed by atoms with E-state index in [0.717, 1.165) is 12.1 Å². The van der Waals surface area contributed by atoms with E-state index < -0.39 is 29.9 Å². The predicted octanol–water partition coefficient (Wildman–Crippen LogP) is 5.31. The number of hydrogen-bond acceptors (Lipinski definition) is 7. The Morgan fingerprint density at radius 1 is 1.19 bits per heavy atom. The molecular weight excluding hydrogens is 567 g/mol. The maximum absolute atomic E-state index is 13.7. The quantitative estimate of drug-likeness (QED) is 0.319. The fourth-order valence-electron chi connectivity index (χ4n) is 4.94. The van der Waals surface area contributed by atoms with Crippen molar-refractivity contribution in [3.63, 3.8) is 0 Å². The molecule has 0 spiro atoms. The van der Waals surface area contributed by atoms with Crippen LogP contribution in [0.2, 0.25) is 0 Å². The van der Waals surface area contributed by atoms with Crippen molar-refractivity contribution >= 4 is 23.3 Å². The lowest BCUT2D eigenvalue weighted by Gasteiger charge is -2.38. The number of nitrogens with zero attached hydrogens (tertiary/aromatic N) is 3. The van der Waals surface area contributed by atoms with E-state index in [2.05, 4.69) is 15.8 Å². The van der Waals surface area contributed by atoms with Crippen LogP contribution in [0, 0.1) is 19.8 Å². The Morgan fingerprint density at radius 2 is 1.88 bits per heavy atom. The van der Waals surface area contributed by atoms with Crippen LogP contribution in [0.25, 0.3) is 0 Å². The fourth-order valence-corrected chi connectivity index (χ4v) is 4.94. The molecule has 0 bridgehead atoms. The zero-order chi connectivity index (χ0) is 31.5. The van der Waals surface area contributed by atoms with Gasteiger partial charge in [-0.1, -0.05) is 24.2 Å². The van der Waals surface area contributed by atoms with Gasteiger partial charge in [-0.05, 0) is 63.7 Å². The molecule has 4 rings (SSSR count). The molecule has 43 heavy (non-hydrogen) atoms. The van der Waals surface area contributed by atoms with E-state index in [9.17, 15) is 27.9 Å². The molecule has 1 aromatic heterocycles. The number of aromatic nitrogens is 1. The normalized spacial score (nSPS) is 18.0. The Bertz CT molecular complexity index is 1420. The van der Waals surface area contributed by atoms with Crippen LogP contribution in [-0.4, -0.2) is 70.9 Å². The van der Waals surface area contributed by atoms with Gasteiger partial charge in [-0.25, -0.2) is 4.79 Å². The Balaban J connectivity index is 1.54. The zero-order valence-electron chi connectivity index (χ0n) is 24.7. The van der Waals surface area contributed by atoms with E-state index in [4.69, 9.17) is 9.26 Å². The van der Waals surface area contributed by atoms with Gasteiger partial charge < -0.3 is 29.9 Å². The second-order valence-electron chi connectivity index (χ2n) is 11.0. The van der Waals surface area contributed by atoms with E-state index in [0.29, 0.717) is 53.8 Å². The number of likely N-dealkylation sites (N-methyl/N-ethyl adjacent to an activating group) is 1. The molecule has 13 heteroatoms. The summed E-state index contributed by atoms with van der Waals surface area (Å²) >= 11 is 0. The molecule has 1 aliphatic heterocycles. The fraction of sp³-hybridized carbons (Fsp3) is 0.433. The number of fused-ring (bicyclic) bond motifs is 1. The van der Waals surface area contributed by atoms with Crippen LogP contribution in [-0.2, 0) is 12.7 Å². The van der Waals surface area contributed by atoms with E-state index in [1.165, 1.54) is 18.2 Å². The Morgan fingerprint density at radius 3 is 2.49 bits per heavy atom. The van der Waals surface area contributed by atoms with E-state index in [-0.39, 0.29) is 24.0 Å². The molecule has 0 fully saturated rings. The maximum Gasteiger partial charge on any atom is 0.416 e. The second kappa shape index (κ2) is 13.0. The molecule has 10 nitrogen and oxygen atoms in total. The minimum atomic E-state index is -4.40. The molecule has 3 aromatic rings. The summed E-state index contributed by atoms with van der Waals surface area (Å²) in [5, 5.41) is 19.1. The molecular formula is C30H36F3N5O5. The molecule has 1 aliphatic rings. The first kappa shape index (κ1) is 31.8. The van der Waals surface area contributed by atoms with Crippen LogP contribution in [0.5, 0.6) is 5.75 Å². The van der Waals surface area contributed by atoms with Gasteiger partial charge in [-0.15, -0.1) is 0 Å². The monoisotopic (exact) mass is 603 g/mol. The lowest BCUT2D eigenvalue weighted by atomic mass is 9.99. The average molecular weight is 604 g/mol. The second-order valence-corrected chi connectivity index (χ2v) is 11.0. The average Bonchev–Trinajstić information content (AvgIpc) is 3.26. The first-order valence-corrected chi connectivity index (χ1v) is 13.8. The number of halogens is 3. The van der Waals surface area contributed by atoms with Crippen molar-refractivity contribution in [1.82, 2.24) is 15.0 Å². The SMILES string of the molecule is Cc1noc(C)c1NC(=O)Nc1ccc2c(c1)C(=O)N([C@H](C)CO)C[C@H](C)[C@H](CN(C)Cc1ccc(C(F)(F)F)cc1)O2. The van der Waals surface area contributed by atoms with Crippen molar-refractivity contribution in [3.8, 4) is 5.75 Å². The highest BCUT2D eigenvalue weighted by molar-refractivity contribution is 6.03. The zero-order valence-corrected chi connectivity index (χ0v) is 24.7. The minimum Gasteiger partial charge on any atom is -0.488 e. The van der Waals surface area contributed by atoms with Gasteiger partial charge in [-0.3, -0.25) is 9.69 Å². The van der Waals surface area contributed by atoms with Gasteiger partial charge in [0.2, 0.25) is 0 Å². The summed E-state index contributed by atoms with van der Waals surface area (Å²) in [5.74, 6) is 0.261. The first-order chi connectivity index (χ1) is 20.3. The number of alkyl halides is 3. The van der Waals surface area contributed by atoms with Crippen molar-refractivity contribution in [2.75, 3.05) is 37.4 Å². The summed E-state index contributed by atoms with van der Waals surface area (Å²) in [5.41, 5.74) is 1.55. The number of aliphatic hydroxyl groups excluding tert-OH is 1. The van der Waals surface area contributed by atoms with Gasteiger partial charge in [0, 0.05) is 31.2 Å². The van der Waals surface area contributed by atoms with Crippen molar-refractivity contribution < 1.29 is 37.1 Å². The maximum atomic E-state index is 13.7.